The van der Waals surface area contributed by atoms with Crippen LogP contribution in [0, 0.1) is 6.92 Å². The Morgan fingerprint density at radius 3 is 1.31 bits per heavy atom. The lowest BCUT2D eigenvalue weighted by atomic mass is 10.1. The van der Waals surface area contributed by atoms with Gasteiger partial charge in [-0.25, -0.2) is 29.1 Å². The summed E-state index contributed by atoms with van der Waals surface area (Å²) in [5.41, 5.74) is -5.46. The largest absolute Gasteiger partial charge is 0.507 e. The van der Waals surface area contributed by atoms with E-state index in [0.717, 1.165) is 89.7 Å². The van der Waals surface area contributed by atoms with Gasteiger partial charge in [-0.15, -0.1) is 0 Å². The first-order valence-electron chi connectivity index (χ1n) is 39.6. The van der Waals surface area contributed by atoms with Crippen LogP contribution in [0.2, 0.25) is 0 Å². The number of nitrogens with zero attached hydrogens (tertiary/aromatic N) is 7. The number of carboxylic acid groups (broad SMARTS) is 1. The Labute approximate surface area is 769 Å². The van der Waals surface area contributed by atoms with E-state index in [1.807, 2.05) is 63.2 Å². The topological polar surface area (TPSA) is 402 Å². The molecule has 8 aromatic carbocycles. The number of methoxy groups -OCH3 is 4. The molecule has 0 radical (unpaired) electrons. The smallest absolute Gasteiger partial charge is 0.416 e. The second kappa shape index (κ2) is 38.9. The molecule has 0 spiro atoms. The fraction of sp³-hybridized carbons (Fsp3) is 0.126. The van der Waals surface area contributed by atoms with Crippen molar-refractivity contribution in [3.63, 3.8) is 0 Å². The van der Waals surface area contributed by atoms with Gasteiger partial charge >= 0.3 is 35.2 Å². The molecule has 0 amide bonds. The van der Waals surface area contributed by atoms with E-state index >= 15 is 0 Å². The number of carboxylic acids is 1. The molecule has 10 aromatic heterocycles. The monoisotopic (exact) mass is 1950 g/mol. The van der Waals surface area contributed by atoms with E-state index < -0.39 is 96.9 Å². The number of halogens is 7. The van der Waals surface area contributed by atoms with Gasteiger partial charge in [-0.1, -0.05) is 83.3 Å². The molecule has 6 N–H and O–H groups in total. The highest BCUT2D eigenvalue weighted by atomic mass is 79.9. The lowest BCUT2D eigenvalue weighted by Crippen LogP contribution is -2.26. The van der Waals surface area contributed by atoms with Gasteiger partial charge in [0.05, 0.1) is 78.3 Å². The van der Waals surface area contributed by atoms with Crippen molar-refractivity contribution >= 4 is 145 Å². The number of ether oxygens (including phenoxy) is 4. The van der Waals surface area contributed by atoms with Crippen LogP contribution in [0.5, 0.6) is 51.7 Å². The van der Waals surface area contributed by atoms with Gasteiger partial charge in [-0.3, -0.25) is 33.1 Å². The van der Waals surface area contributed by atoms with E-state index in [9.17, 15) is 100 Å². The molecule has 0 aliphatic heterocycles. The molecule has 39 heteroatoms. The van der Waals surface area contributed by atoms with Crippen LogP contribution >= 0.6 is 51.2 Å². The summed E-state index contributed by atoms with van der Waals surface area (Å²) in [6.45, 7) is 6.39. The van der Waals surface area contributed by atoms with Crippen LogP contribution in [0.1, 0.15) is 40.9 Å². The summed E-state index contributed by atoms with van der Waals surface area (Å²) in [4.78, 5) is 123. The van der Waals surface area contributed by atoms with E-state index in [2.05, 4.69) is 25.9 Å². The van der Waals surface area contributed by atoms with Crippen LogP contribution in [0.4, 0.5) is 26.3 Å². The fourth-order valence-electron chi connectivity index (χ4n) is 14.5. The summed E-state index contributed by atoms with van der Waals surface area (Å²) in [5.74, 6) is -1.66. The predicted molar refractivity (Wildman–Crippen MR) is 495 cm³/mol. The van der Waals surface area contributed by atoms with Gasteiger partial charge < -0.3 is 76.5 Å². The second-order valence-corrected chi connectivity index (χ2v) is 33.0. The predicted octanol–water partition coefficient (Wildman–Crippen LogP) is 18.5. The maximum atomic E-state index is 13.1. The number of hydrogen-bond donors (Lipinski definition) is 6. The summed E-state index contributed by atoms with van der Waals surface area (Å²) in [7, 11) is 7.71. The second-order valence-electron chi connectivity index (χ2n) is 28.9. The number of benzene rings is 8. The molecule has 0 bridgehead atoms. The molecule has 0 aliphatic carbocycles. The van der Waals surface area contributed by atoms with E-state index in [4.69, 9.17) is 32.2 Å². The van der Waals surface area contributed by atoms with Crippen LogP contribution in [-0.4, -0.2) is 97.9 Å². The maximum Gasteiger partial charge on any atom is 0.416 e. The van der Waals surface area contributed by atoms with Crippen LogP contribution < -0.4 is 63.6 Å². The third-order valence-corrected chi connectivity index (χ3v) is 25.0. The highest BCUT2D eigenvalue weighted by molar-refractivity contribution is 9.10. The van der Waals surface area contributed by atoms with Crippen molar-refractivity contribution in [1.82, 2.24) is 32.8 Å². The number of alkyl halides is 6. The van der Waals surface area contributed by atoms with Gasteiger partial charge in [-0.2, -0.15) is 26.3 Å². The first-order chi connectivity index (χ1) is 63.9. The number of aromatic nitrogens is 7. The average molecular weight is 1950 g/mol. The first kappa shape index (κ1) is 94.6. The zero-order valence-corrected chi connectivity index (χ0v) is 75.0. The summed E-state index contributed by atoms with van der Waals surface area (Å²) < 4.78 is 122. The number of rotatable bonds is 15. The number of fused-ring (bicyclic) bond motifs is 11. The number of carbonyl (C=O) groups is 1. The standard InChI is InChI=1S/C22H19NO6S.C22H19NO5S.C20H14BrNO5S.C16H9F3N2O4.C15H9F3N2O2/c1-4-23-16-9-8-13(28-3)11-15(16)19-17(21(23)25)18(24)20(22(26)29-19)30-14-7-5-6-12(10-14)27-2;1-4-23-16-9-8-13(27-3)11-15(16)19-17(21(23)25)18(24)20(22(26)28-19)29-14-7-5-6-12(2)10-14;1-22-13-8-7-10(26-2)9-11(13)17-15(19(22)24)16(23)18(20(25)27-17)28-14-6-4-3-5-12(14)21;17-16(18,19)8-3-1-4-9(7-8)21-13-10(5-2-6-20-13)12(22)11(14(21)23)15(24)25;16-15(17,18)9-3-1-4-10(7-9)20-13(22)8-12(21)11-5-2-6-19-14(11)20/h5-11,24H,4H2,1-3H3;5-11,24H,4H2,1-3H3;3-9,23H,1-2H3;1-7,22H,(H,24,25);1-8,21H. The van der Waals surface area contributed by atoms with Crippen molar-refractivity contribution in [2.75, 3.05) is 28.4 Å². The van der Waals surface area contributed by atoms with Crippen LogP contribution in [0.25, 0.3) is 99.1 Å². The molecular formula is C95H70BrF6N7O22S3. The number of hydrogen-bond acceptors (Lipinski definition) is 26. The lowest BCUT2D eigenvalue weighted by molar-refractivity contribution is -0.138. The van der Waals surface area contributed by atoms with Crippen molar-refractivity contribution in [2.45, 2.75) is 75.6 Å². The zero-order chi connectivity index (χ0) is 96.4. The molecule has 0 fully saturated rings. The molecule has 18 aromatic rings. The Morgan fingerprint density at radius 1 is 0.433 bits per heavy atom. The zero-order valence-electron chi connectivity index (χ0n) is 70.9. The van der Waals surface area contributed by atoms with Crippen LogP contribution in [0.15, 0.2) is 304 Å². The van der Waals surface area contributed by atoms with Crippen molar-refractivity contribution in [3.05, 3.63) is 328 Å². The summed E-state index contributed by atoms with van der Waals surface area (Å²) in [5, 5.41) is 63.4. The van der Waals surface area contributed by atoms with Gasteiger partial charge in [-0.05, 0) is 194 Å². The SMILES string of the molecule is CCn1c(=O)c2c(O)c(Sc3cccc(C)c3)c(=O)oc2c2cc(OC)ccc21.CCn1c(=O)c2c(O)c(Sc3cccc(OC)c3)c(=O)oc2c2cc(OC)ccc21.COc1ccc2c(c1)c1oc(=O)c(Sc3ccccc3Br)c(O)c1c(=O)n2C.O=C(O)c1c(O)c2cccnc2n(-c2cccc(C(F)(F)F)c2)c1=O.O=c1cc(O)c2cccnc2n1-c1cccc(C(F)(F)F)c1. The van der Waals surface area contributed by atoms with Crippen LogP contribution in [0.3, 0.4) is 0 Å². The van der Waals surface area contributed by atoms with E-state index in [-0.39, 0.29) is 92.5 Å². The molecule has 134 heavy (non-hydrogen) atoms. The molecule has 684 valence electrons. The molecule has 0 unspecified atom stereocenters. The van der Waals surface area contributed by atoms with Crippen molar-refractivity contribution in [1.29, 1.82) is 0 Å². The van der Waals surface area contributed by atoms with Gasteiger partial charge in [0.25, 0.3) is 27.8 Å². The van der Waals surface area contributed by atoms with E-state index in [1.54, 1.807) is 98.0 Å². The fourth-order valence-corrected chi connectivity index (χ4v) is 17.7. The van der Waals surface area contributed by atoms with Crippen molar-refractivity contribution in [2.24, 2.45) is 7.05 Å². The lowest BCUT2D eigenvalue weighted by Gasteiger charge is -2.14. The molecule has 0 aliphatic rings. The molecule has 18 rings (SSSR count). The Hall–Kier alpha value is -15.5. The normalized spacial score (nSPS) is 11.4. The summed E-state index contributed by atoms with van der Waals surface area (Å²) in [6.07, 6.45) is -6.49. The third kappa shape index (κ3) is 18.7. The molecule has 0 atom stereocenters. The van der Waals surface area contributed by atoms with E-state index in [0.29, 0.717) is 84.7 Å². The van der Waals surface area contributed by atoms with Crippen molar-refractivity contribution < 1.29 is 94.0 Å². The minimum absolute atomic E-state index is 0.00917. The number of aromatic hydroxyl groups is 5. The summed E-state index contributed by atoms with van der Waals surface area (Å²) in [6, 6.07) is 52.2. The average Bonchev–Trinajstić information content (AvgIpc) is 0.742. The van der Waals surface area contributed by atoms with Crippen molar-refractivity contribution in [3.8, 4) is 63.1 Å². The van der Waals surface area contributed by atoms with Gasteiger partial charge in [0, 0.05) is 73.9 Å². The van der Waals surface area contributed by atoms with E-state index in [1.165, 1.54) is 90.9 Å². The third-order valence-electron chi connectivity index (χ3n) is 20.8. The maximum absolute atomic E-state index is 13.1. The minimum Gasteiger partial charge on any atom is -0.507 e. The summed E-state index contributed by atoms with van der Waals surface area (Å²) >= 11 is 6.53. The van der Waals surface area contributed by atoms with Gasteiger partial charge in [0.15, 0.2) is 50.9 Å². The molecule has 0 saturated carbocycles. The molecule has 29 nitrogen and oxygen atoms in total. The molecule has 10 heterocycles. The Morgan fingerprint density at radius 2 is 0.851 bits per heavy atom. The first-order valence-corrected chi connectivity index (χ1v) is 42.8. The molecule has 0 saturated heterocycles. The minimum atomic E-state index is -4.64. The number of aryl methyl sites for hydroxylation is 4. The van der Waals surface area contributed by atoms with Gasteiger partial charge in [0.2, 0.25) is 0 Å². The van der Waals surface area contributed by atoms with Gasteiger partial charge in [0.1, 0.15) is 65.3 Å². The van der Waals surface area contributed by atoms with Crippen LogP contribution in [-0.2, 0) is 32.5 Å². The number of aromatic carboxylic acids is 1. The molecular weight excluding hydrogens is 1880 g/mol. The number of pyridine rings is 7. The Kier molecular flexibility index (Phi) is 27.5. The highest BCUT2D eigenvalue weighted by Gasteiger charge is 2.34. The highest BCUT2D eigenvalue weighted by Crippen LogP contribution is 2.44. The Bertz CT molecular complexity index is 8330. The Balaban J connectivity index is 0.000000135. The quantitative estimate of drug-likeness (QED) is 0.0410.